The monoisotopic (exact) mass is 291 g/mol. The molecule has 0 spiro atoms. The van der Waals surface area contributed by atoms with E-state index in [1.165, 1.54) is 12.4 Å². The molecule has 2 aromatic heterocycles. The minimum Gasteiger partial charge on any atom is -0.312 e. The van der Waals surface area contributed by atoms with Gasteiger partial charge in [-0.15, -0.1) is 11.3 Å². The lowest BCUT2D eigenvalue weighted by Gasteiger charge is -1.99. The number of hydrogen-bond donors (Lipinski definition) is 1. The molecule has 3 rings (SSSR count). The lowest BCUT2D eigenvalue weighted by atomic mass is 10.1. The van der Waals surface area contributed by atoms with Crippen molar-refractivity contribution in [3.63, 3.8) is 0 Å². The largest absolute Gasteiger partial charge is 0.312 e. The van der Waals surface area contributed by atoms with E-state index in [9.17, 15) is 19.3 Å². The highest BCUT2D eigenvalue weighted by molar-refractivity contribution is 7.22. The van der Waals surface area contributed by atoms with E-state index in [0.29, 0.717) is 15.1 Å². The maximum Gasteiger partial charge on any atom is 0.280 e. The minimum atomic E-state index is -0.683. The van der Waals surface area contributed by atoms with Crippen molar-refractivity contribution in [2.45, 2.75) is 0 Å². The van der Waals surface area contributed by atoms with Crippen molar-refractivity contribution in [1.82, 2.24) is 9.97 Å². The Morgan fingerprint density at radius 3 is 2.85 bits per heavy atom. The second-order valence-corrected chi connectivity index (χ2v) is 5.03. The standard InChI is InChI=1S/C12H6FN3O3S/c13-6-1-2-7(9(3-6)16(18)19)10-4-8-11(20-10)12(17)15-5-14-8/h1-5H,(H,14,15,17). The summed E-state index contributed by atoms with van der Waals surface area (Å²) in [7, 11) is 0. The van der Waals surface area contributed by atoms with Crippen LogP contribution in [0.4, 0.5) is 10.1 Å². The molecule has 0 saturated heterocycles. The number of aromatic amines is 1. The molecule has 6 nitrogen and oxygen atoms in total. The van der Waals surface area contributed by atoms with Gasteiger partial charge in [-0.05, 0) is 18.2 Å². The lowest BCUT2D eigenvalue weighted by Crippen LogP contribution is -2.02. The third kappa shape index (κ3) is 1.95. The maximum atomic E-state index is 13.1. The first-order valence-electron chi connectivity index (χ1n) is 5.48. The quantitative estimate of drug-likeness (QED) is 0.580. The fraction of sp³-hybridized carbons (Fsp3) is 0. The molecule has 0 bridgehead atoms. The zero-order valence-corrected chi connectivity index (χ0v) is 10.6. The molecule has 1 aromatic carbocycles. The Labute approximate surface area is 114 Å². The molecule has 0 radical (unpaired) electrons. The average Bonchev–Trinajstić information content (AvgIpc) is 2.84. The number of H-pyrrole nitrogens is 1. The number of thiophene rings is 1. The number of nitro benzene ring substituents is 1. The van der Waals surface area contributed by atoms with Crippen molar-refractivity contribution in [3.05, 3.63) is 56.9 Å². The first-order chi connectivity index (χ1) is 9.56. The predicted molar refractivity (Wildman–Crippen MR) is 72.3 cm³/mol. The second-order valence-electron chi connectivity index (χ2n) is 3.98. The molecule has 8 heteroatoms. The molecule has 100 valence electrons. The molecule has 2 heterocycles. The number of nitrogens with zero attached hydrogens (tertiary/aromatic N) is 2. The molecular formula is C12H6FN3O3S. The van der Waals surface area contributed by atoms with Gasteiger partial charge in [0.1, 0.15) is 10.5 Å². The van der Waals surface area contributed by atoms with E-state index < -0.39 is 10.7 Å². The van der Waals surface area contributed by atoms with Gasteiger partial charge in [-0.25, -0.2) is 9.37 Å². The Kier molecular flexibility index (Phi) is 2.79. The number of nitrogens with one attached hydrogen (secondary N) is 1. The summed E-state index contributed by atoms with van der Waals surface area (Å²) in [6, 6.07) is 4.91. The zero-order chi connectivity index (χ0) is 14.3. The molecule has 0 aliphatic heterocycles. The van der Waals surface area contributed by atoms with Gasteiger partial charge >= 0.3 is 0 Å². The first-order valence-corrected chi connectivity index (χ1v) is 6.29. The van der Waals surface area contributed by atoms with Gasteiger partial charge < -0.3 is 4.98 Å². The van der Waals surface area contributed by atoms with Crippen LogP contribution in [0, 0.1) is 15.9 Å². The summed E-state index contributed by atoms with van der Waals surface area (Å²) in [5.74, 6) is -0.683. The van der Waals surface area contributed by atoms with Crippen molar-refractivity contribution in [3.8, 4) is 10.4 Å². The van der Waals surface area contributed by atoms with Crippen LogP contribution in [0.1, 0.15) is 0 Å². The van der Waals surface area contributed by atoms with Crippen LogP contribution >= 0.6 is 11.3 Å². The van der Waals surface area contributed by atoms with Gasteiger partial charge in [0, 0.05) is 4.88 Å². The van der Waals surface area contributed by atoms with E-state index in [4.69, 9.17) is 0 Å². The van der Waals surface area contributed by atoms with Gasteiger partial charge in [0.25, 0.3) is 11.2 Å². The average molecular weight is 291 g/mol. The molecule has 0 amide bonds. The number of hydrogen-bond acceptors (Lipinski definition) is 5. The Hall–Kier alpha value is -2.61. The van der Waals surface area contributed by atoms with Crippen LogP contribution < -0.4 is 5.56 Å². The predicted octanol–water partition coefficient (Wildman–Crippen LogP) is 2.70. The topological polar surface area (TPSA) is 88.9 Å². The fourth-order valence-corrected chi connectivity index (χ4v) is 2.90. The van der Waals surface area contributed by atoms with Gasteiger partial charge in [0.15, 0.2) is 0 Å². The van der Waals surface area contributed by atoms with Crippen LogP contribution in [0.2, 0.25) is 0 Å². The molecule has 0 aliphatic rings. The van der Waals surface area contributed by atoms with Crippen LogP contribution in [0.5, 0.6) is 0 Å². The van der Waals surface area contributed by atoms with Gasteiger partial charge in [-0.1, -0.05) is 0 Å². The van der Waals surface area contributed by atoms with E-state index in [1.807, 2.05) is 0 Å². The van der Waals surface area contributed by atoms with Crippen LogP contribution in [-0.2, 0) is 0 Å². The van der Waals surface area contributed by atoms with E-state index >= 15 is 0 Å². The number of rotatable bonds is 2. The third-order valence-electron chi connectivity index (χ3n) is 2.74. The molecule has 0 fully saturated rings. The Balaban J connectivity index is 2.28. The van der Waals surface area contributed by atoms with E-state index in [0.717, 1.165) is 23.5 Å². The SMILES string of the molecule is O=c1[nH]cnc2cc(-c3ccc(F)cc3[N+](=O)[O-])sc12. The summed E-state index contributed by atoms with van der Waals surface area (Å²) in [6.07, 6.45) is 1.26. The summed E-state index contributed by atoms with van der Waals surface area (Å²) < 4.78 is 13.5. The van der Waals surface area contributed by atoms with Crippen LogP contribution in [0.3, 0.4) is 0 Å². The highest BCUT2D eigenvalue weighted by Crippen LogP contribution is 2.36. The summed E-state index contributed by atoms with van der Waals surface area (Å²) in [4.78, 5) is 28.9. The summed E-state index contributed by atoms with van der Waals surface area (Å²) >= 11 is 1.08. The van der Waals surface area contributed by atoms with Crippen molar-refractivity contribution in [2.24, 2.45) is 0 Å². The Morgan fingerprint density at radius 1 is 1.35 bits per heavy atom. The summed E-state index contributed by atoms with van der Waals surface area (Å²) in [6.45, 7) is 0. The Bertz CT molecular complexity index is 887. The summed E-state index contributed by atoms with van der Waals surface area (Å²) in [5, 5.41) is 11.0. The van der Waals surface area contributed by atoms with Crippen LogP contribution in [0.25, 0.3) is 20.7 Å². The summed E-state index contributed by atoms with van der Waals surface area (Å²) in [5.41, 5.74) is 0.0650. The highest BCUT2D eigenvalue weighted by atomic mass is 32.1. The second kappa shape index (κ2) is 4.49. The van der Waals surface area contributed by atoms with Crippen molar-refractivity contribution in [1.29, 1.82) is 0 Å². The number of fused-ring (bicyclic) bond motifs is 1. The number of benzene rings is 1. The molecule has 1 N–H and O–H groups in total. The normalized spacial score (nSPS) is 10.8. The molecule has 0 atom stereocenters. The van der Waals surface area contributed by atoms with Gasteiger partial charge in [-0.3, -0.25) is 14.9 Å². The third-order valence-corrected chi connectivity index (χ3v) is 3.90. The van der Waals surface area contributed by atoms with Crippen molar-refractivity contribution in [2.75, 3.05) is 0 Å². The number of halogens is 1. The van der Waals surface area contributed by atoms with Gasteiger partial charge in [0.05, 0.1) is 28.4 Å². The number of nitro groups is 1. The van der Waals surface area contributed by atoms with Crippen LogP contribution in [0.15, 0.2) is 35.4 Å². The Morgan fingerprint density at radius 2 is 2.15 bits per heavy atom. The minimum absolute atomic E-state index is 0.263. The van der Waals surface area contributed by atoms with E-state index in [2.05, 4.69) is 9.97 Å². The first kappa shape index (κ1) is 12.4. The fourth-order valence-electron chi connectivity index (χ4n) is 1.86. The lowest BCUT2D eigenvalue weighted by molar-refractivity contribution is -0.384. The van der Waals surface area contributed by atoms with E-state index in [-0.39, 0.29) is 16.8 Å². The molecule has 0 unspecified atom stereocenters. The van der Waals surface area contributed by atoms with E-state index in [1.54, 1.807) is 6.07 Å². The molecular weight excluding hydrogens is 285 g/mol. The maximum absolute atomic E-state index is 13.1. The molecule has 3 aromatic rings. The van der Waals surface area contributed by atoms with Gasteiger partial charge in [0.2, 0.25) is 0 Å². The smallest absolute Gasteiger partial charge is 0.280 e. The molecule has 0 aliphatic carbocycles. The number of aromatic nitrogens is 2. The van der Waals surface area contributed by atoms with Crippen molar-refractivity contribution >= 4 is 27.2 Å². The van der Waals surface area contributed by atoms with Crippen molar-refractivity contribution < 1.29 is 9.31 Å². The molecule has 20 heavy (non-hydrogen) atoms. The zero-order valence-electron chi connectivity index (χ0n) is 9.79. The van der Waals surface area contributed by atoms with Crippen LogP contribution in [-0.4, -0.2) is 14.9 Å². The van der Waals surface area contributed by atoms with Gasteiger partial charge in [-0.2, -0.15) is 0 Å². The highest BCUT2D eigenvalue weighted by Gasteiger charge is 2.19. The molecule has 0 saturated carbocycles.